The van der Waals surface area contributed by atoms with Gasteiger partial charge in [0.2, 0.25) is 5.88 Å². The molecule has 0 bridgehead atoms. The van der Waals surface area contributed by atoms with E-state index < -0.39 is 45.1 Å². The van der Waals surface area contributed by atoms with Crippen molar-refractivity contribution in [1.82, 2.24) is 33.4 Å². The molecule has 18 heteroatoms. The van der Waals surface area contributed by atoms with Crippen molar-refractivity contribution in [2.45, 2.75) is 97.1 Å². The number of aryl methyl sites for hydroxylation is 3. The van der Waals surface area contributed by atoms with Crippen LogP contribution < -0.4 is 4.74 Å². The number of halogens is 3. The van der Waals surface area contributed by atoms with E-state index in [1.165, 1.54) is 48.0 Å². The molecule has 0 atom stereocenters. The smallest absolute Gasteiger partial charge is 0.435 e. The van der Waals surface area contributed by atoms with Gasteiger partial charge in [-0.3, -0.25) is 14.4 Å². The standard InChI is InChI=1S/C37H44F3N7O7S/c1-21(2)46(35(50)54-36(5,6)7)20-28-31(34(53-9)44(8)42-28)24-17-26-30(27-19-45(16-10-11-29(48)49)43-32(27)37(38,39)40)23(4)47(33(26)41-18-24)55(51,52)25-14-12-22(3)13-15-25/h12-15,17-19,21H,10-11,16,20H2,1-9H3,(H,48,49). The van der Waals surface area contributed by atoms with Crippen molar-refractivity contribution >= 4 is 33.1 Å². The average Bonchev–Trinajstić information content (AvgIpc) is 3.72. The van der Waals surface area contributed by atoms with Crippen LogP contribution in [0.3, 0.4) is 0 Å². The Balaban J connectivity index is 1.80. The molecule has 4 heterocycles. The molecular formula is C37H44F3N7O7S. The molecule has 296 valence electrons. The lowest BCUT2D eigenvalue weighted by atomic mass is 10.0. The number of aliphatic carboxylic acids is 1. The van der Waals surface area contributed by atoms with Crippen LogP contribution in [0.5, 0.6) is 5.88 Å². The summed E-state index contributed by atoms with van der Waals surface area (Å²) in [7, 11) is -1.39. The molecule has 5 rings (SSSR count). The summed E-state index contributed by atoms with van der Waals surface area (Å²) in [6.07, 6.45) is -3.35. The second kappa shape index (κ2) is 15.0. The van der Waals surface area contributed by atoms with Gasteiger partial charge >= 0.3 is 18.2 Å². The summed E-state index contributed by atoms with van der Waals surface area (Å²) >= 11 is 0. The van der Waals surface area contributed by atoms with Crippen LogP contribution in [0, 0.1) is 13.8 Å². The molecule has 0 radical (unpaired) electrons. The van der Waals surface area contributed by atoms with E-state index in [1.54, 1.807) is 46.9 Å². The molecule has 0 saturated carbocycles. The largest absolute Gasteiger partial charge is 0.481 e. The van der Waals surface area contributed by atoms with Gasteiger partial charge in [0.15, 0.2) is 11.3 Å². The van der Waals surface area contributed by atoms with Crippen molar-refractivity contribution in [2.24, 2.45) is 7.05 Å². The predicted octanol–water partition coefficient (Wildman–Crippen LogP) is 7.19. The predicted molar refractivity (Wildman–Crippen MR) is 197 cm³/mol. The van der Waals surface area contributed by atoms with Crippen LogP contribution in [0.4, 0.5) is 18.0 Å². The summed E-state index contributed by atoms with van der Waals surface area (Å²) < 4.78 is 87.6. The summed E-state index contributed by atoms with van der Waals surface area (Å²) in [5.74, 6) is -0.869. The van der Waals surface area contributed by atoms with Crippen LogP contribution in [-0.2, 0) is 45.9 Å². The van der Waals surface area contributed by atoms with Crippen molar-refractivity contribution in [3.63, 3.8) is 0 Å². The number of nitrogens with zero attached hydrogens (tertiary/aromatic N) is 7. The lowest BCUT2D eigenvalue weighted by molar-refractivity contribution is -0.141. The van der Waals surface area contributed by atoms with Crippen molar-refractivity contribution in [1.29, 1.82) is 0 Å². The minimum Gasteiger partial charge on any atom is -0.481 e. The molecule has 0 saturated heterocycles. The maximum Gasteiger partial charge on any atom is 0.435 e. The van der Waals surface area contributed by atoms with Gasteiger partial charge in [0.25, 0.3) is 10.0 Å². The topological polar surface area (TPSA) is 164 Å². The third kappa shape index (κ3) is 8.33. The van der Waals surface area contributed by atoms with Gasteiger partial charge < -0.3 is 14.6 Å². The monoisotopic (exact) mass is 787 g/mol. The highest BCUT2D eigenvalue weighted by Gasteiger charge is 2.40. The highest BCUT2D eigenvalue weighted by Crippen LogP contribution is 2.44. The van der Waals surface area contributed by atoms with Gasteiger partial charge in [-0.2, -0.15) is 23.4 Å². The number of hydrogen-bond donors (Lipinski definition) is 1. The Morgan fingerprint density at radius 1 is 1.04 bits per heavy atom. The first kappa shape index (κ1) is 40.8. The molecule has 0 aliphatic rings. The van der Waals surface area contributed by atoms with Crippen LogP contribution in [0.1, 0.15) is 70.1 Å². The Labute approximate surface area is 316 Å². The van der Waals surface area contributed by atoms with Crippen molar-refractivity contribution in [3.05, 3.63) is 65.4 Å². The highest BCUT2D eigenvalue weighted by atomic mass is 32.2. The number of ether oxygens (including phenoxy) is 2. The van der Waals surface area contributed by atoms with Crippen molar-refractivity contribution in [3.8, 4) is 28.1 Å². The minimum absolute atomic E-state index is 0.00225. The number of amides is 1. The zero-order valence-corrected chi connectivity index (χ0v) is 32.8. The van der Waals surface area contributed by atoms with Crippen LogP contribution in [0.2, 0.25) is 0 Å². The van der Waals surface area contributed by atoms with Crippen molar-refractivity contribution in [2.75, 3.05) is 7.11 Å². The summed E-state index contributed by atoms with van der Waals surface area (Å²) in [5, 5.41) is 17.6. The maximum absolute atomic E-state index is 14.7. The quantitative estimate of drug-likeness (QED) is 0.137. The first-order valence-corrected chi connectivity index (χ1v) is 18.8. The summed E-state index contributed by atoms with van der Waals surface area (Å²) in [6, 6.07) is 7.21. The van der Waals surface area contributed by atoms with Crippen molar-refractivity contribution < 1.29 is 45.8 Å². The minimum atomic E-state index is -4.98. The van der Waals surface area contributed by atoms with Crippen LogP contribution in [-0.4, -0.2) is 77.8 Å². The summed E-state index contributed by atoms with van der Waals surface area (Å²) in [5.41, 5.74) is -0.972. The lowest BCUT2D eigenvalue weighted by Crippen LogP contribution is -2.40. The number of pyridine rings is 1. The fourth-order valence-electron chi connectivity index (χ4n) is 6.30. The lowest BCUT2D eigenvalue weighted by Gasteiger charge is -2.29. The van der Waals surface area contributed by atoms with E-state index in [-0.39, 0.29) is 65.0 Å². The zero-order chi connectivity index (χ0) is 40.8. The number of carbonyl (C=O) groups excluding carboxylic acids is 1. The van der Waals surface area contributed by atoms with Gasteiger partial charge in [-0.1, -0.05) is 17.7 Å². The van der Waals surface area contributed by atoms with E-state index in [1.807, 2.05) is 13.8 Å². The van der Waals surface area contributed by atoms with Gasteiger partial charge in [0.05, 0.1) is 29.8 Å². The van der Waals surface area contributed by atoms with E-state index in [9.17, 15) is 31.2 Å². The second-order valence-corrected chi connectivity index (χ2v) is 16.2. The molecular weight excluding hydrogens is 744 g/mol. The second-order valence-electron chi connectivity index (χ2n) is 14.4. The van der Waals surface area contributed by atoms with Gasteiger partial charge in [-0.25, -0.2) is 26.9 Å². The normalized spacial score (nSPS) is 12.5. The zero-order valence-electron chi connectivity index (χ0n) is 32.0. The number of methoxy groups -OCH3 is 1. The van der Waals surface area contributed by atoms with E-state index in [0.717, 1.165) is 20.4 Å². The maximum atomic E-state index is 14.7. The third-order valence-corrected chi connectivity index (χ3v) is 10.5. The summed E-state index contributed by atoms with van der Waals surface area (Å²) in [4.78, 5) is 30.4. The first-order chi connectivity index (χ1) is 25.5. The Kier molecular flexibility index (Phi) is 11.1. The molecule has 1 N–H and O–H groups in total. The van der Waals surface area contributed by atoms with Crippen LogP contribution in [0.25, 0.3) is 33.3 Å². The fraction of sp³-hybridized carbons (Fsp3) is 0.432. The van der Waals surface area contributed by atoms with Gasteiger partial charge in [-0.15, -0.1) is 0 Å². The van der Waals surface area contributed by atoms with Gasteiger partial charge in [0, 0.05) is 66.2 Å². The molecule has 5 aromatic rings. The number of rotatable bonds is 12. The van der Waals surface area contributed by atoms with Crippen LogP contribution >= 0.6 is 0 Å². The van der Waals surface area contributed by atoms with E-state index in [0.29, 0.717) is 16.8 Å². The SMILES string of the molecule is COc1c(-c2cnc3c(c2)c(-c2cn(CCCC(=O)O)nc2C(F)(F)F)c(C)n3S(=O)(=O)c2ccc(C)cc2)c(CN(C(=O)OC(C)(C)C)C(C)C)nn1C. The fourth-order valence-corrected chi connectivity index (χ4v) is 7.82. The molecule has 0 unspecified atom stereocenters. The molecule has 14 nitrogen and oxygen atoms in total. The number of carbonyl (C=O) groups is 2. The molecule has 1 amide bonds. The van der Waals surface area contributed by atoms with E-state index in [2.05, 4.69) is 15.2 Å². The number of carboxylic acids is 1. The van der Waals surface area contributed by atoms with Gasteiger partial charge in [-0.05, 0) is 73.1 Å². The molecule has 4 aromatic heterocycles. The average molecular weight is 788 g/mol. The molecule has 0 aliphatic heterocycles. The van der Waals surface area contributed by atoms with E-state index in [4.69, 9.17) is 14.6 Å². The number of alkyl halides is 3. The molecule has 0 spiro atoms. The Morgan fingerprint density at radius 2 is 1.69 bits per heavy atom. The van der Waals surface area contributed by atoms with E-state index >= 15 is 0 Å². The Bertz CT molecular complexity index is 2350. The number of hydrogen-bond acceptors (Lipinski definition) is 9. The number of aromatic nitrogens is 6. The Hall–Kier alpha value is -5.39. The molecule has 0 fully saturated rings. The number of fused-ring (bicyclic) bond motifs is 1. The highest BCUT2D eigenvalue weighted by molar-refractivity contribution is 7.90. The first-order valence-electron chi connectivity index (χ1n) is 17.3. The third-order valence-electron chi connectivity index (χ3n) is 8.75. The number of carboxylic acid groups (broad SMARTS) is 1. The van der Waals surface area contributed by atoms with Crippen LogP contribution in [0.15, 0.2) is 47.6 Å². The molecule has 1 aromatic carbocycles. The van der Waals surface area contributed by atoms with Gasteiger partial charge in [0.1, 0.15) is 5.60 Å². The number of benzene rings is 1. The molecule has 0 aliphatic carbocycles. The summed E-state index contributed by atoms with van der Waals surface area (Å²) in [6.45, 7) is 11.8. The molecule has 55 heavy (non-hydrogen) atoms. The Morgan fingerprint density at radius 3 is 2.25 bits per heavy atom.